The van der Waals surface area contributed by atoms with Crippen molar-refractivity contribution < 1.29 is 12.8 Å². The molecule has 1 N–H and O–H groups in total. The fourth-order valence-electron chi connectivity index (χ4n) is 2.57. The average Bonchev–Trinajstić information content (AvgIpc) is 3.16. The van der Waals surface area contributed by atoms with Gasteiger partial charge in [0, 0.05) is 23.9 Å². The quantitative estimate of drug-likeness (QED) is 0.709. The Bertz CT molecular complexity index is 987. The summed E-state index contributed by atoms with van der Waals surface area (Å²) in [5.74, 6) is 1.10. The van der Waals surface area contributed by atoms with Crippen LogP contribution in [0.3, 0.4) is 0 Å². The number of oxazole rings is 1. The summed E-state index contributed by atoms with van der Waals surface area (Å²) in [6, 6.07) is 7.30. The van der Waals surface area contributed by atoms with Crippen molar-refractivity contribution in [3.05, 3.63) is 57.7 Å². The van der Waals surface area contributed by atoms with E-state index in [1.54, 1.807) is 43.5 Å². The number of benzene rings is 1. The minimum Gasteiger partial charge on any atom is -0.441 e. The Kier molecular flexibility index (Phi) is 5.08. The van der Waals surface area contributed by atoms with E-state index >= 15 is 0 Å². The molecule has 0 atom stereocenters. The number of thiophene rings is 1. The van der Waals surface area contributed by atoms with Gasteiger partial charge in [0.05, 0.1) is 11.1 Å². The normalized spacial score (nSPS) is 11.8. The molecule has 0 unspecified atom stereocenters. The van der Waals surface area contributed by atoms with E-state index in [0.29, 0.717) is 35.7 Å². The summed E-state index contributed by atoms with van der Waals surface area (Å²) >= 11 is 1.65. The molecule has 25 heavy (non-hydrogen) atoms. The van der Waals surface area contributed by atoms with E-state index in [-0.39, 0.29) is 4.90 Å². The Balaban J connectivity index is 1.80. The topological polar surface area (TPSA) is 72.2 Å². The zero-order valence-electron chi connectivity index (χ0n) is 14.4. The van der Waals surface area contributed by atoms with Gasteiger partial charge in [0.15, 0.2) is 11.7 Å². The van der Waals surface area contributed by atoms with E-state index < -0.39 is 10.0 Å². The number of rotatable bonds is 6. The SMILES string of the molecule is Cc1ncc(-c2ccc(C)c(S(=O)(=O)NCCc3sccc3C)c2)o1. The Morgan fingerprint density at radius 3 is 2.60 bits per heavy atom. The lowest BCUT2D eigenvalue weighted by Crippen LogP contribution is -2.26. The Morgan fingerprint density at radius 2 is 1.96 bits per heavy atom. The van der Waals surface area contributed by atoms with Gasteiger partial charge in [0.25, 0.3) is 0 Å². The number of aryl methyl sites for hydroxylation is 3. The Hall–Kier alpha value is -1.96. The van der Waals surface area contributed by atoms with Crippen molar-refractivity contribution in [2.24, 2.45) is 0 Å². The van der Waals surface area contributed by atoms with Gasteiger partial charge in [0.2, 0.25) is 10.0 Å². The van der Waals surface area contributed by atoms with Crippen LogP contribution >= 0.6 is 11.3 Å². The summed E-state index contributed by atoms with van der Waals surface area (Å²) in [7, 11) is -3.59. The summed E-state index contributed by atoms with van der Waals surface area (Å²) < 4.78 is 33.6. The van der Waals surface area contributed by atoms with Crippen LogP contribution in [0.25, 0.3) is 11.3 Å². The third-order valence-corrected chi connectivity index (χ3v) is 6.68. The van der Waals surface area contributed by atoms with Crippen LogP contribution < -0.4 is 4.72 Å². The van der Waals surface area contributed by atoms with Gasteiger partial charge in [-0.25, -0.2) is 18.1 Å². The van der Waals surface area contributed by atoms with Crippen LogP contribution in [0.2, 0.25) is 0 Å². The van der Waals surface area contributed by atoms with Gasteiger partial charge in [-0.1, -0.05) is 12.1 Å². The van der Waals surface area contributed by atoms with E-state index in [9.17, 15) is 8.42 Å². The van der Waals surface area contributed by atoms with E-state index in [2.05, 4.69) is 9.71 Å². The molecule has 0 bridgehead atoms. The zero-order valence-corrected chi connectivity index (χ0v) is 16.0. The Morgan fingerprint density at radius 1 is 1.16 bits per heavy atom. The van der Waals surface area contributed by atoms with Crippen molar-refractivity contribution >= 4 is 21.4 Å². The number of sulfonamides is 1. The van der Waals surface area contributed by atoms with Crippen molar-refractivity contribution in [3.8, 4) is 11.3 Å². The number of nitrogens with one attached hydrogen (secondary N) is 1. The molecule has 2 heterocycles. The second-order valence-corrected chi connectivity index (χ2v) is 8.63. The smallest absolute Gasteiger partial charge is 0.240 e. The molecule has 0 saturated carbocycles. The predicted octanol–water partition coefficient (Wildman–Crippen LogP) is 3.85. The second kappa shape index (κ2) is 7.11. The molecule has 3 aromatic rings. The Labute approximate surface area is 151 Å². The summed E-state index contributed by atoms with van der Waals surface area (Å²) in [5.41, 5.74) is 2.59. The molecular formula is C18H20N2O3S2. The third kappa shape index (κ3) is 4.00. The minimum absolute atomic E-state index is 0.266. The largest absolute Gasteiger partial charge is 0.441 e. The van der Waals surface area contributed by atoms with Crippen LogP contribution in [-0.4, -0.2) is 19.9 Å². The zero-order chi connectivity index (χ0) is 18.0. The lowest BCUT2D eigenvalue weighted by Gasteiger charge is -2.10. The number of aromatic nitrogens is 1. The van der Waals surface area contributed by atoms with Crippen LogP contribution in [0.15, 0.2) is 45.2 Å². The van der Waals surface area contributed by atoms with Crippen molar-refractivity contribution in [2.45, 2.75) is 32.1 Å². The summed E-state index contributed by atoms with van der Waals surface area (Å²) in [6.45, 7) is 5.94. The molecule has 0 aliphatic carbocycles. The first kappa shape index (κ1) is 17.8. The highest BCUT2D eigenvalue weighted by Gasteiger charge is 2.18. The van der Waals surface area contributed by atoms with Crippen LogP contribution in [0.4, 0.5) is 0 Å². The predicted molar refractivity (Wildman–Crippen MR) is 99.4 cm³/mol. The van der Waals surface area contributed by atoms with Gasteiger partial charge in [0.1, 0.15) is 0 Å². The lowest BCUT2D eigenvalue weighted by atomic mass is 10.1. The van der Waals surface area contributed by atoms with E-state index in [0.717, 1.165) is 0 Å². The summed E-state index contributed by atoms with van der Waals surface area (Å²) in [5, 5.41) is 2.02. The van der Waals surface area contributed by atoms with Gasteiger partial charge in [-0.3, -0.25) is 0 Å². The van der Waals surface area contributed by atoms with Crippen molar-refractivity contribution in [2.75, 3.05) is 6.54 Å². The van der Waals surface area contributed by atoms with Crippen LogP contribution in [0.5, 0.6) is 0 Å². The third-order valence-electron chi connectivity index (χ3n) is 4.00. The monoisotopic (exact) mass is 376 g/mol. The summed E-state index contributed by atoms with van der Waals surface area (Å²) in [6.07, 6.45) is 2.28. The second-order valence-electron chi connectivity index (χ2n) is 5.90. The highest BCUT2D eigenvalue weighted by Crippen LogP contribution is 2.25. The summed E-state index contributed by atoms with van der Waals surface area (Å²) in [4.78, 5) is 5.53. The molecule has 2 aromatic heterocycles. The number of hydrogen-bond acceptors (Lipinski definition) is 5. The van der Waals surface area contributed by atoms with E-state index in [4.69, 9.17) is 4.42 Å². The average molecular weight is 377 g/mol. The molecule has 0 spiro atoms. The van der Waals surface area contributed by atoms with Gasteiger partial charge in [-0.2, -0.15) is 0 Å². The van der Waals surface area contributed by atoms with Crippen molar-refractivity contribution in [1.29, 1.82) is 0 Å². The van der Waals surface area contributed by atoms with Crippen LogP contribution in [-0.2, 0) is 16.4 Å². The highest BCUT2D eigenvalue weighted by molar-refractivity contribution is 7.89. The molecule has 3 rings (SSSR count). The van der Waals surface area contributed by atoms with Crippen molar-refractivity contribution in [3.63, 3.8) is 0 Å². The van der Waals surface area contributed by atoms with Crippen LogP contribution in [0, 0.1) is 20.8 Å². The van der Waals surface area contributed by atoms with Gasteiger partial charge in [-0.05, 0) is 48.9 Å². The molecule has 1 aromatic carbocycles. The fourth-order valence-corrected chi connectivity index (χ4v) is 4.79. The van der Waals surface area contributed by atoms with E-state index in [1.807, 2.05) is 24.4 Å². The molecule has 0 saturated heterocycles. The maximum absolute atomic E-state index is 12.7. The molecule has 0 radical (unpaired) electrons. The minimum atomic E-state index is -3.59. The first-order chi connectivity index (χ1) is 11.9. The number of nitrogens with zero attached hydrogens (tertiary/aromatic N) is 1. The maximum Gasteiger partial charge on any atom is 0.240 e. The van der Waals surface area contributed by atoms with Gasteiger partial charge in [-0.15, -0.1) is 11.3 Å². The number of hydrogen-bond donors (Lipinski definition) is 1. The molecule has 0 fully saturated rings. The molecular weight excluding hydrogens is 356 g/mol. The van der Waals surface area contributed by atoms with Gasteiger partial charge >= 0.3 is 0 Å². The molecule has 0 amide bonds. The fraction of sp³-hybridized carbons (Fsp3) is 0.278. The molecule has 132 valence electrons. The lowest BCUT2D eigenvalue weighted by molar-refractivity contribution is 0.534. The molecule has 7 heteroatoms. The highest BCUT2D eigenvalue weighted by atomic mass is 32.2. The maximum atomic E-state index is 12.7. The molecule has 0 aliphatic rings. The van der Waals surface area contributed by atoms with E-state index in [1.165, 1.54) is 10.4 Å². The van der Waals surface area contributed by atoms with Crippen LogP contribution in [0.1, 0.15) is 21.9 Å². The first-order valence-electron chi connectivity index (χ1n) is 7.93. The standard InChI is InChI=1S/C18H20N2O3S2/c1-12-7-9-24-17(12)6-8-20-25(21,22)18-10-15(5-4-13(18)2)16-11-19-14(3)23-16/h4-5,7,9-11,20H,6,8H2,1-3H3. The first-order valence-corrected chi connectivity index (χ1v) is 10.3. The van der Waals surface area contributed by atoms with Crippen molar-refractivity contribution in [1.82, 2.24) is 9.71 Å². The molecule has 0 aliphatic heterocycles. The molecule has 5 nitrogen and oxygen atoms in total. The van der Waals surface area contributed by atoms with Gasteiger partial charge < -0.3 is 4.42 Å².